The van der Waals surface area contributed by atoms with Gasteiger partial charge in [0.05, 0.1) is 12.1 Å². The molecule has 2 unspecified atom stereocenters. The number of nitrogens with two attached hydrogens (primary N) is 1. The quantitative estimate of drug-likeness (QED) is 0.894. The van der Waals surface area contributed by atoms with Crippen LogP contribution in [0.15, 0.2) is 48.8 Å². The van der Waals surface area contributed by atoms with E-state index in [4.69, 9.17) is 5.73 Å². The predicted octanol–water partition coefficient (Wildman–Crippen LogP) is 2.27. The van der Waals surface area contributed by atoms with Gasteiger partial charge in [-0.3, -0.25) is 9.78 Å². The molecule has 2 rings (SSSR count). The molecule has 0 spiro atoms. The van der Waals surface area contributed by atoms with E-state index in [9.17, 15) is 4.79 Å². The first kappa shape index (κ1) is 14.2. The van der Waals surface area contributed by atoms with E-state index in [1.165, 1.54) is 0 Å². The second-order valence-electron chi connectivity index (χ2n) is 4.89. The number of nitrogens with one attached hydrogen (secondary N) is 1. The molecule has 4 nitrogen and oxygen atoms in total. The molecule has 104 valence electrons. The van der Waals surface area contributed by atoms with Crippen molar-refractivity contribution in [2.24, 2.45) is 5.73 Å². The maximum Gasteiger partial charge on any atom is 0.237 e. The van der Waals surface area contributed by atoms with Crippen molar-refractivity contribution in [1.82, 2.24) is 10.3 Å². The van der Waals surface area contributed by atoms with Crippen LogP contribution in [0.3, 0.4) is 0 Å². The van der Waals surface area contributed by atoms with Crippen LogP contribution in [0.25, 0.3) is 11.1 Å². The molecule has 20 heavy (non-hydrogen) atoms. The van der Waals surface area contributed by atoms with Crippen LogP contribution < -0.4 is 11.1 Å². The molecule has 0 radical (unpaired) electrons. The fourth-order valence-corrected chi connectivity index (χ4v) is 1.95. The van der Waals surface area contributed by atoms with E-state index in [1.807, 2.05) is 43.5 Å². The van der Waals surface area contributed by atoms with E-state index in [1.54, 1.807) is 13.1 Å². The normalized spacial score (nSPS) is 13.6. The van der Waals surface area contributed by atoms with Gasteiger partial charge < -0.3 is 11.1 Å². The van der Waals surface area contributed by atoms with Gasteiger partial charge in [-0.2, -0.15) is 0 Å². The Morgan fingerprint density at radius 3 is 2.60 bits per heavy atom. The molecule has 4 heteroatoms. The number of rotatable bonds is 4. The fourth-order valence-electron chi connectivity index (χ4n) is 1.95. The van der Waals surface area contributed by atoms with E-state index in [2.05, 4.69) is 16.4 Å². The van der Waals surface area contributed by atoms with Crippen LogP contribution in [0, 0.1) is 0 Å². The molecular weight excluding hydrogens is 250 g/mol. The molecule has 0 aliphatic heterocycles. The van der Waals surface area contributed by atoms with Gasteiger partial charge in [0.1, 0.15) is 0 Å². The van der Waals surface area contributed by atoms with E-state index >= 15 is 0 Å². The van der Waals surface area contributed by atoms with Crippen molar-refractivity contribution in [2.75, 3.05) is 0 Å². The zero-order valence-electron chi connectivity index (χ0n) is 11.7. The molecule has 0 bridgehead atoms. The van der Waals surface area contributed by atoms with Crippen LogP contribution >= 0.6 is 0 Å². The minimum Gasteiger partial charge on any atom is -0.348 e. The second-order valence-corrected chi connectivity index (χ2v) is 4.89. The highest BCUT2D eigenvalue weighted by Crippen LogP contribution is 2.22. The lowest BCUT2D eigenvalue weighted by molar-refractivity contribution is -0.122. The lowest BCUT2D eigenvalue weighted by Gasteiger charge is -2.16. The third-order valence-corrected chi connectivity index (χ3v) is 3.15. The van der Waals surface area contributed by atoms with Crippen LogP contribution in [0.4, 0.5) is 0 Å². The number of carbonyl (C=O) groups excluding carboxylic acids is 1. The van der Waals surface area contributed by atoms with Crippen molar-refractivity contribution in [2.45, 2.75) is 25.9 Å². The molecule has 0 saturated carbocycles. The smallest absolute Gasteiger partial charge is 0.237 e. The van der Waals surface area contributed by atoms with Crippen LogP contribution in [-0.4, -0.2) is 16.9 Å². The molecule has 2 atom stereocenters. The molecule has 1 heterocycles. The van der Waals surface area contributed by atoms with Crippen molar-refractivity contribution in [3.8, 4) is 11.1 Å². The maximum absolute atomic E-state index is 11.6. The van der Waals surface area contributed by atoms with Crippen molar-refractivity contribution >= 4 is 5.91 Å². The average molecular weight is 269 g/mol. The minimum absolute atomic E-state index is 0.0786. The standard InChI is InChI=1S/C16H19N3O/c1-11(17)16(20)19-12(2)13-5-3-6-14(9-13)15-7-4-8-18-10-15/h3-12H,17H2,1-2H3,(H,19,20). The summed E-state index contributed by atoms with van der Waals surface area (Å²) in [6, 6.07) is 11.4. The summed E-state index contributed by atoms with van der Waals surface area (Å²) in [5.74, 6) is -0.149. The highest BCUT2D eigenvalue weighted by atomic mass is 16.2. The van der Waals surface area contributed by atoms with Gasteiger partial charge in [0.2, 0.25) is 5.91 Å². The Hall–Kier alpha value is -2.20. The number of hydrogen-bond donors (Lipinski definition) is 2. The van der Waals surface area contributed by atoms with Crippen LogP contribution in [0.5, 0.6) is 0 Å². The Balaban J connectivity index is 2.20. The molecule has 2 aromatic rings. The molecule has 0 aliphatic carbocycles. The number of nitrogens with zero attached hydrogens (tertiary/aromatic N) is 1. The van der Waals surface area contributed by atoms with Gasteiger partial charge >= 0.3 is 0 Å². The van der Waals surface area contributed by atoms with Gasteiger partial charge in [-0.25, -0.2) is 0 Å². The van der Waals surface area contributed by atoms with Crippen molar-refractivity contribution in [1.29, 1.82) is 0 Å². The van der Waals surface area contributed by atoms with Gasteiger partial charge in [-0.15, -0.1) is 0 Å². The molecule has 0 fully saturated rings. The predicted molar refractivity (Wildman–Crippen MR) is 79.9 cm³/mol. The number of benzene rings is 1. The maximum atomic E-state index is 11.6. The van der Waals surface area contributed by atoms with E-state index in [-0.39, 0.29) is 11.9 Å². The van der Waals surface area contributed by atoms with Crippen molar-refractivity contribution in [3.63, 3.8) is 0 Å². The van der Waals surface area contributed by atoms with E-state index < -0.39 is 6.04 Å². The Kier molecular flexibility index (Phi) is 4.48. The summed E-state index contributed by atoms with van der Waals surface area (Å²) < 4.78 is 0. The number of hydrogen-bond acceptors (Lipinski definition) is 3. The van der Waals surface area contributed by atoms with Crippen molar-refractivity contribution in [3.05, 3.63) is 54.4 Å². The Morgan fingerprint density at radius 1 is 1.20 bits per heavy atom. The lowest BCUT2D eigenvalue weighted by Crippen LogP contribution is -2.39. The number of pyridine rings is 1. The summed E-state index contributed by atoms with van der Waals surface area (Å²) in [7, 11) is 0. The molecule has 0 saturated heterocycles. The number of amides is 1. The van der Waals surface area contributed by atoms with Crippen LogP contribution in [0.2, 0.25) is 0 Å². The molecule has 1 aromatic carbocycles. The first-order chi connectivity index (χ1) is 9.58. The first-order valence-electron chi connectivity index (χ1n) is 6.64. The van der Waals surface area contributed by atoms with E-state index in [0.29, 0.717) is 0 Å². The van der Waals surface area contributed by atoms with Gasteiger partial charge in [-0.1, -0.05) is 24.3 Å². The third kappa shape index (κ3) is 3.42. The third-order valence-electron chi connectivity index (χ3n) is 3.15. The Morgan fingerprint density at radius 2 is 1.95 bits per heavy atom. The lowest BCUT2D eigenvalue weighted by atomic mass is 10.0. The highest BCUT2D eigenvalue weighted by Gasteiger charge is 2.13. The number of carbonyl (C=O) groups is 1. The number of aromatic nitrogens is 1. The summed E-state index contributed by atoms with van der Waals surface area (Å²) >= 11 is 0. The SMILES string of the molecule is CC(N)C(=O)NC(C)c1cccc(-c2cccnc2)c1. The highest BCUT2D eigenvalue weighted by molar-refractivity contribution is 5.81. The fraction of sp³-hybridized carbons (Fsp3) is 0.250. The van der Waals surface area contributed by atoms with Gasteiger partial charge in [0.25, 0.3) is 0 Å². The topological polar surface area (TPSA) is 68.0 Å². The molecule has 1 amide bonds. The van der Waals surface area contributed by atoms with Gasteiger partial charge in [0, 0.05) is 12.4 Å². The zero-order chi connectivity index (χ0) is 14.5. The first-order valence-corrected chi connectivity index (χ1v) is 6.64. The molecule has 1 aromatic heterocycles. The van der Waals surface area contributed by atoms with Crippen LogP contribution in [0.1, 0.15) is 25.5 Å². The summed E-state index contributed by atoms with van der Waals surface area (Å²) in [4.78, 5) is 15.8. The largest absolute Gasteiger partial charge is 0.348 e. The van der Waals surface area contributed by atoms with Gasteiger partial charge in [0.15, 0.2) is 0 Å². The summed E-state index contributed by atoms with van der Waals surface area (Å²) in [6.07, 6.45) is 3.57. The van der Waals surface area contributed by atoms with Gasteiger partial charge in [-0.05, 0) is 42.7 Å². The Labute approximate surface area is 119 Å². The van der Waals surface area contributed by atoms with E-state index in [0.717, 1.165) is 16.7 Å². The summed E-state index contributed by atoms with van der Waals surface area (Å²) in [5.41, 5.74) is 8.74. The van der Waals surface area contributed by atoms with Crippen molar-refractivity contribution < 1.29 is 4.79 Å². The minimum atomic E-state index is -0.501. The summed E-state index contributed by atoms with van der Waals surface area (Å²) in [6.45, 7) is 3.62. The molecular formula is C16H19N3O. The Bertz CT molecular complexity index is 581. The second kappa shape index (κ2) is 6.30. The summed E-state index contributed by atoms with van der Waals surface area (Å²) in [5, 5.41) is 2.89. The monoisotopic (exact) mass is 269 g/mol. The average Bonchev–Trinajstić information content (AvgIpc) is 2.48. The molecule has 3 N–H and O–H groups in total. The molecule has 0 aliphatic rings. The zero-order valence-corrected chi connectivity index (χ0v) is 11.7. The van der Waals surface area contributed by atoms with Crippen LogP contribution in [-0.2, 0) is 4.79 Å².